The quantitative estimate of drug-likeness (QED) is 0.552. The number of furan rings is 1. The van der Waals surface area contributed by atoms with Crippen LogP contribution in [-0.2, 0) is 20.1 Å². The Hall–Kier alpha value is -3.03. The van der Waals surface area contributed by atoms with E-state index in [0.717, 1.165) is 17.1 Å². The van der Waals surface area contributed by atoms with Crippen molar-refractivity contribution >= 4 is 16.9 Å². The van der Waals surface area contributed by atoms with Crippen LogP contribution in [0.15, 0.2) is 32.4 Å². The van der Waals surface area contributed by atoms with Gasteiger partial charge in [-0.25, -0.2) is 4.79 Å². The monoisotopic (exact) mass is 369 g/mol. The number of hydrogen-bond donors (Lipinski definition) is 0. The van der Waals surface area contributed by atoms with Crippen molar-refractivity contribution < 1.29 is 4.42 Å². The molecule has 0 N–H and O–H groups in total. The lowest BCUT2D eigenvalue weighted by molar-refractivity contribution is 0.484. The summed E-state index contributed by atoms with van der Waals surface area (Å²) in [7, 11) is 1.66. The van der Waals surface area contributed by atoms with Crippen LogP contribution >= 0.6 is 0 Å². The first-order chi connectivity index (χ1) is 12.8. The van der Waals surface area contributed by atoms with Crippen molar-refractivity contribution in [3.05, 3.63) is 56.4 Å². The largest absolute Gasteiger partial charge is 0.467 e. The summed E-state index contributed by atoms with van der Waals surface area (Å²) in [5.41, 5.74) is 2.12. The van der Waals surface area contributed by atoms with Crippen LogP contribution in [0.2, 0.25) is 0 Å². The molecule has 0 bridgehead atoms. The molecule has 0 aromatic carbocycles. The van der Waals surface area contributed by atoms with Crippen LogP contribution < -0.4 is 11.2 Å². The van der Waals surface area contributed by atoms with Crippen LogP contribution in [0.25, 0.3) is 16.9 Å². The van der Waals surface area contributed by atoms with E-state index in [-0.39, 0.29) is 17.2 Å². The third-order valence-corrected chi connectivity index (χ3v) is 5.07. The zero-order valence-electron chi connectivity index (χ0n) is 16.2. The van der Waals surface area contributed by atoms with Crippen molar-refractivity contribution in [3.8, 4) is 0 Å². The fourth-order valence-electron chi connectivity index (χ4n) is 3.59. The molecule has 8 heteroatoms. The first kappa shape index (κ1) is 17.4. The molecular formula is C19H23N5O3. The van der Waals surface area contributed by atoms with Gasteiger partial charge in [0.15, 0.2) is 11.2 Å². The van der Waals surface area contributed by atoms with Gasteiger partial charge >= 0.3 is 5.69 Å². The molecule has 0 radical (unpaired) electrons. The summed E-state index contributed by atoms with van der Waals surface area (Å²) in [6, 6.07) is 3.74. The lowest BCUT2D eigenvalue weighted by Crippen LogP contribution is -2.40. The minimum Gasteiger partial charge on any atom is -0.467 e. The molecule has 0 aliphatic rings. The van der Waals surface area contributed by atoms with Crippen LogP contribution in [-0.4, -0.2) is 23.1 Å². The SMILES string of the molecule is Cc1c(C)n2c3c(=O)n(CC(C)C)c(=O)n(C)c3nc2n1Cc1ccco1. The van der Waals surface area contributed by atoms with E-state index >= 15 is 0 Å². The number of rotatable bonds is 4. The smallest absolute Gasteiger partial charge is 0.332 e. The molecule has 4 rings (SSSR count). The molecule has 0 fully saturated rings. The van der Waals surface area contributed by atoms with E-state index in [1.54, 1.807) is 13.3 Å². The molecule has 4 aromatic rings. The Bertz CT molecular complexity index is 1270. The zero-order chi connectivity index (χ0) is 19.5. The van der Waals surface area contributed by atoms with Crippen molar-refractivity contribution in [1.29, 1.82) is 0 Å². The Kier molecular flexibility index (Phi) is 3.87. The summed E-state index contributed by atoms with van der Waals surface area (Å²) in [6.45, 7) is 8.80. The van der Waals surface area contributed by atoms with E-state index in [4.69, 9.17) is 4.42 Å². The van der Waals surface area contributed by atoms with Gasteiger partial charge in [-0.15, -0.1) is 0 Å². The average Bonchev–Trinajstić information content (AvgIpc) is 3.31. The van der Waals surface area contributed by atoms with Crippen molar-refractivity contribution in [2.45, 2.75) is 40.8 Å². The second kappa shape index (κ2) is 6.00. The summed E-state index contributed by atoms with van der Waals surface area (Å²) >= 11 is 0. The molecule has 27 heavy (non-hydrogen) atoms. The molecule has 0 atom stereocenters. The highest BCUT2D eigenvalue weighted by Crippen LogP contribution is 2.22. The maximum absolute atomic E-state index is 13.2. The molecular weight excluding hydrogens is 346 g/mol. The zero-order valence-corrected chi connectivity index (χ0v) is 16.2. The van der Waals surface area contributed by atoms with E-state index < -0.39 is 0 Å². The Morgan fingerprint density at radius 1 is 1.15 bits per heavy atom. The molecule has 0 saturated heterocycles. The van der Waals surface area contributed by atoms with E-state index in [2.05, 4.69) is 4.98 Å². The first-order valence-electron chi connectivity index (χ1n) is 9.01. The van der Waals surface area contributed by atoms with Gasteiger partial charge in [-0.1, -0.05) is 13.8 Å². The standard InChI is InChI=1S/C19H23N5O3/c1-11(2)9-23-17(25)15-16(21(5)19(23)26)20-18-22(10-14-7-6-8-27-14)12(3)13(4)24(15)18/h6-8,11H,9-10H2,1-5H3. The van der Waals surface area contributed by atoms with Gasteiger partial charge in [-0.3, -0.25) is 18.3 Å². The predicted molar refractivity (Wildman–Crippen MR) is 102 cm³/mol. The summed E-state index contributed by atoms with van der Waals surface area (Å²) < 4.78 is 12.1. The molecule has 0 saturated carbocycles. The normalized spacial score (nSPS) is 12.1. The van der Waals surface area contributed by atoms with E-state index in [1.165, 1.54) is 9.13 Å². The Morgan fingerprint density at radius 2 is 1.89 bits per heavy atom. The van der Waals surface area contributed by atoms with E-state index in [1.807, 2.05) is 48.8 Å². The van der Waals surface area contributed by atoms with Gasteiger partial charge in [0.05, 0.1) is 12.8 Å². The van der Waals surface area contributed by atoms with Crippen molar-refractivity contribution in [1.82, 2.24) is 23.1 Å². The van der Waals surface area contributed by atoms with Gasteiger partial charge in [0, 0.05) is 25.0 Å². The second-order valence-electron chi connectivity index (χ2n) is 7.41. The lowest BCUT2D eigenvalue weighted by Gasteiger charge is -2.10. The number of aryl methyl sites for hydroxylation is 2. The minimum absolute atomic E-state index is 0.183. The van der Waals surface area contributed by atoms with E-state index in [0.29, 0.717) is 30.0 Å². The third kappa shape index (κ3) is 2.47. The molecule has 4 aromatic heterocycles. The molecule has 4 heterocycles. The first-order valence-corrected chi connectivity index (χ1v) is 9.01. The number of nitrogens with zero attached hydrogens (tertiary/aromatic N) is 5. The van der Waals surface area contributed by atoms with Crippen LogP contribution in [0.5, 0.6) is 0 Å². The molecule has 0 aliphatic heterocycles. The molecule has 0 amide bonds. The number of imidazole rings is 2. The third-order valence-electron chi connectivity index (χ3n) is 5.07. The summed E-state index contributed by atoms with van der Waals surface area (Å²) in [4.78, 5) is 30.5. The molecule has 142 valence electrons. The molecule has 0 aliphatic carbocycles. The minimum atomic E-state index is -0.339. The number of hydrogen-bond acceptors (Lipinski definition) is 4. The maximum Gasteiger partial charge on any atom is 0.332 e. The van der Waals surface area contributed by atoms with Crippen LogP contribution in [0.4, 0.5) is 0 Å². The lowest BCUT2D eigenvalue weighted by atomic mass is 10.2. The highest BCUT2D eigenvalue weighted by molar-refractivity contribution is 5.76. The van der Waals surface area contributed by atoms with Gasteiger partial charge in [0.1, 0.15) is 5.76 Å². The van der Waals surface area contributed by atoms with Crippen LogP contribution in [0, 0.1) is 19.8 Å². The fraction of sp³-hybridized carbons (Fsp3) is 0.421. The highest BCUT2D eigenvalue weighted by atomic mass is 16.3. The van der Waals surface area contributed by atoms with E-state index in [9.17, 15) is 9.59 Å². The van der Waals surface area contributed by atoms with Crippen LogP contribution in [0.3, 0.4) is 0 Å². The summed E-state index contributed by atoms with van der Waals surface area (Å²) in [5.74, 6) is 1.61. The number of fused-ring (bicyclic) bond motifs is 3. The van der Waals surface area contributed by atoms with Crippen molar-refractivity contribution in [3.63, 3.8) is 0 Å². The van der Waals surface area contributed by atoms with Gasteiger partial charge in [0.2, 0.25) is 5.78 Å². The molecule has 0 spiro atoms. The van der Waals surface area contributed by atoms with Gasteiger partial charge < -0.3 is 8.98 Å². The summed E-state index contributed by atoms with van der Waals surface area (Å²) in [5, 5.41) is 0. The molecule has 0 unspecified atom stereocenters. The fourth-order valence-corrected chi connectivity index (χ4v) is 3.59. The van der Waals surface area contributed by atoms with Crippen molar-refractivity contribution in [2.24, 2.45) is 13.0 Å². The predicted octanol–water partition coefficient (Wildman–Crippen LogP) is 2.06. The Morgan fingerprint density at radius 3 is 2.52 bits per heavy atom. The Balaban J connectivity index is 2.09. The van der Waals surface area contributed by atoms with Crippen LogP contribution in [0.1, 0.15) is 31.0 Å². The second-order valence-corrected chi connectivity index (χ2v) is 7.41. The van der Waals surface area contributed by atoms with Gasteiger partial charge in [-0.2, -0.15) is 4.98 Å². The number of aromatic nitrogens is 5. The molecule has 8 nitrogen and oxygen atoms in total. The Labute approximate surface area is 155 Å². The average molecular weight is 369 g/mol. The van der Waals surface area contributed by atoms with Gasteiger partial charge in [-0.05, 0) is 31.9 Å². The van der Waals surface area contributed by atoms with Gasteiger partial charge in [0.25, 0.3) is 5.56 Å². The topological polar surface area (TPSA) is 79.4 Å². The maximum atomic E-state index is 13.2. The highest BCUT2D eigenvalue weighted by Gasteiger charge is 2.23. The summed E-state index contributed by atoms with van der Waals surface area (Å²) in [6.07, 6.45) is 1.63. The van der Waals surface area contributed by atoms with Crippen molar-refractivity contribution in [2.75, 3.05) is 0 Å².